The van der Waals surface area contributed by atoms with Crippen molar-refractivity contribution in [1.82, 2.24) is 19.2 Å². The van der Waals surface area contributed by atoms with Gasteiger partial charge < -0.3 is 4.74 Å². The lowest BCUT2D eigenvalue weighted by molar-refractivity contribution is -0.145. The minimum absolute atomic E-state index is 0.0462. The summed E-state index contributed by atoms with van der Waals surface area (Å²) in [6.45, 7) is 2.00. The molecule has 0 amide bonds. The van der Waals surface area contributed by atoms with Crippen LogP contribution in [-0.4, -0.2) is 25.1 Å². The molecule has 154 valence electrons. The van der Waals surface area contributed by atoms with E-state index in [4.69, 9.17) is 4.74 Å². The lowest BCUT2D eigenvalue weighted by Crippen LogP contribution is -2.20. The maximum Gasteiger partial charge on any atom is 0.306 e. The SMILES string of the molecule is Cc1ccc2c(c1)c(=O)n(C)c1nnc(COC(=O)CCCC3CCCCC3)n21. The van der Waals surface area contributed by atoms with Gasteiger partial charge in [0.1, 0.15) is 0 Å². The van der Waals surface area contributed by atoms with E-state index in [1.54, 1.807) is 11.4 Å². The number of rotatable bonds is 6. The Labute approximate surface area is 169 Å². The van der Waals surface area contributed by atoms with E-state index in [1.807, 2.05) is 25.1 Å². The molecule has 1 aliphatic carbocycles. The second kappa shape index (κ2) is 8.35. The smallest absolute Gasteiger partial charge is 0.306 e. The Kier molecular flexibility index (Phi) is 5.65. The first-order valence-electron chi connectivity index (χ1n) is 10.5. The Morgan fingerprint density at radius 3 is 2.79 bits per heavy atom. The van der Waals surface area contributed by atoms with Gasteiger partial charge in [-0.1, -0.05) is 43.7 Å². The van der Waals surface area contributed by atoms with Crippen molar-refractivity contribution in [2.75, 3.05) is 0 Å². The van der Waals surface area contributed by atoms with Gasteiger partial charge in [0.25, 0.3) is 5.56 Å². The number of fused-ring (bicyclic) bond motifs is 3. The normalized spacial score (nSPS) is 15.2. The summed E-state index contributed by atoms with van der Waals surface area (Å²) in [4.78, 5) is 24.8. The highest BCUT2D eigenvalue weighted by Gasteiger charge is 2.17. The molecule has 2 heterocycles. The van der Waals surface area contributed by atoms with E-state index < -0.39 is 0 Å². The molecule has 0 saturated heterocycles. The van der Waals surface area contributed by atoms with Gasteiger partial charge in [-0.15, -0.1) is 10.2 Å². The average Bonchev–Trinajstić information content (AvgIpc) is 3.15. The number of esters is 1. The van der Waals surface area contributed by atoms with Crippen LogP contribution in [0.2, 0.25) is 0 Å². The largest absolute Gasteiger partial charge is 0.457 e. The number of ether oxygens (including phenoxy) is 1. The molecule has 0 atom stereocenters. The topological polar surface area (TPSA) is 78.5 Å². The highest BCUT2D eigenvalue weighted by molar-refractivity contribution is 5.81. The number of aryl methyl sites for hydroxylation is 2. The van der Waals surface area contributed by atoms with Crippen molar-refractivity contribution < 1.29 is 9.53 Å². The summed E-state index contributed by atoms with van der Waals surface area (Å²) in [6, 6.07) is 5.69. The fourth-order valence-corrected chi connectivity index (χ4v) is 4.38. The highest BCUT2D eigenvalue weighted by atomic mass is 16.5. The first-order chi connectivity index (χ1) is 14.0. The molecule has 1 aromatic carbocycles. The molecule has 3 aromatic rings. The molecule has 1 fully saturated rings. The van der Waals surface area contributed by atoms with Gasteiger partial charge in [-0.3, -0.25) is 18.6 Å². The Morgan fingerprint density at radius 2 is 2.00 bits per heavy atom. The lowest BCUT2D eigenvalue weighted by Gasteiger charge is -2.20. The first kappa shape index (κ1) is 19.6. The van der Waals surface area contributed by atoms with Crippen LogP contribution in [0, 0.1) is 12.8 Å². The quantitative estimate of drug-likeness (QED) is 0.594. The van der Waals surface area contributed by atoms with Crippen molar-refractivity contribution in [3.8, 4) is 0 Å². The second-order valence-corrected chi connectivity index (χ2v) is 8.19. The summed E-state index contributed by atoms with van der Waals surface area (Å²) in [7, 11) is 1.68. The van der Waals surface area contributed by atoms with Crippen LogP contribution in [0.15, 0.2) is 23.0 Å². The van der Waals surface area contributed by atoms with Gasteiger partial charge in [-0.25, -0.2) is 0 Å². The maximum atomic E-state index is 12.6. The molecular formula is C22H28N4O3. The van der Waals surface area contributed by atoms with Crippen LogP contribution in [0.1, 0.15) is 62.8 Å². The van der Waals surface area contributed by atoms with Crippen molar-refractivity contribution in [2.24, 2.45) is 13.0 Å². The molecule has 0 N–H and O–H groups in total. The first-order valence-corrected chi connectivity index (χ1v) is 10.5. The zero-order valence-electron chi connectivity index (χ0n) is 17.2. The second-order valence-electron chi connectivity index (χ2n) is 8.19. The minimum atomic E-state index is -0.206. The van der Waals surface area contributed by atoms with Crippen LogP contribution in [0.5, 0.6) is 0 Å². The minimum Gasteiger partial charge on any atom is -0.457 e. The standard InChI is InChI=1S/C22H28N4O3/c1-15-11-12-18-17(13-15)21(28)25(2)22-24-23-19(26(18)22)14-29-20(27)10-6-9-16-7-4-3-5-8-16/h11-13,16H,3-10,14H2,1-2H3. The van der Waals surface area contributed by atoms with E-state index in [9.17, 15) is 9.59 Å². The van der Waals surface area contributed by atoms with Crippen LogP contribution in [0.25, 0.3) is 16.7 Å². The number of aromatic nitrogens is 4. The van der Waals surface area contributed by atoms with Crippen molar-refractivity contribution in [3.63, 3.8) is 0 Å². The van der Waals surface area contributed by atoms with Gasteiger partial charge in [0.15, 0.2) is 12.4 Å². The molecule has 0 spiro atoms. The summed E-state index contributed by atoms with van der Waals surface area (Å²) in [5.41, 5.74) is 1.62. The molecule has 2 aromatic heterocycles. The number of hydrogen-bond acceptors (Lipinski definition) is 5. The Balaban J connectivity index is 1.46. The molecule has 29 heavy (non-hydrogen) atoms. The van der Waals surface area contributed by atoms with Gasteiger partial charge >= 0.3 is 5.97 Å². The third-order valence-corrected chi connectivity index (χ3v) is 6.02. The summed E-state index contributed by atoms with van der Waals surface area (Å²) in [6.07, 6.45) is 9.01. The van der Waals surface area contributed by atoms with Gasteiger partial charge in [-0.2, -0.15) is 0 Å². The van der Waals surface area contributed by atoms with E-state index in [2.05, 4.69) is 10.2 Å². The summed E-state index contributed by atoms with van der Waals surface area (Å²) in [5, 5.41) is 8.91. The van der Waals surface area contributed by atoms with E-state index in [0.29, 0.717) is 23.4 Å². The molecule has 7 nitrogen and oxygen atoms in total. The third kappa shape index (κ3) is 4.04. The van der Waals surface area contributed by atoms with Crippen LogP contribution in [-0.2, 0) is 23.2 Å². The van der Waals surface area contributed by atoms with Crippen LogP contribution in [0.3, 0.4) is 0 Å². The molecule has 7 heteroatoms. The number of nitrogens with zero attached hydrogens (tertiary/aromatic N) is 4. The summed E-state index contributed by atoms with van der Waals surface area (Å²) in [5.74, 6) is 1.52. The van der Waals surface area contributed by atoms with E-state index in [1.165, 1.54) is 36.7 Å². The Hall–Kier alpha value is -2.70. The molecule has 1 saturated carbocycles. The predicted molar refractivity (Wildman–Crippen MR) is 111 cm³/mol. The van der Waals surface area contributed by atoms with Gasteiger partial charge in [0.2, 0.25) is 5.78 Å². The molecule has 1 aliphatic rings. The maximum absolute atomic E-state index is 12.6. The fourth-order valence-electron chi connectivity index (χ4n) is 4.38. The molecule has 0 aliphatic heterocycles. The Morgan fingerprint density at radius 1 is 1.21 bits per heavy atom. The van der Waals surface area contributed by atoms with Gasteiger partial charge in [-0.05, 0) is 37.8 Å². The van der Waals surface area contributed by atoms with Crippen LogP contribution >= 0.6 is 0 Å². The fraction of sp³-hybridized carbons (Fsp3) is 0.545. The zero-order chi connectivity index (χ0) is 20.4. The lowest BCUT2D eigenvalue weighted by atomic mass is 9.86. The summed E-state index contributed by atoms with van der Waals surface area (Å²) < 4.78 is 8.75. The number of hydrogen-bond donors (Lipinski definition) is 0. The Bertz CT molecular complexity index is 1090. The van der Waals surface area contributed by atoms with E-state index >= 15 is 0 Å². The highest BCUT2D eigenvalue weighted by Crippen LogP contribution is 2.27. The van der Waals surface area contributed by atoms with Gasteiger partial charge in [0.05, 0.1) is 10.9 Å². The average molecular weight is 396 g/mol. The molecule has 0 bridgehead atoms. The zero-order valence-corrected chi connectivity index (χ0v) is 17.2. The van der Waals surface area contributed by atoms with Crippen molar-refractivity contribution in [2.45, 2.75) is 64.9 Å². The molecule has 0 radical (unpaired) electrons. The number of carbonyl (C=O) groups excluding carboxylic acids is 1. The molecule has 0 unspecified atom stereocenters. The van der Waals surface area contributed by atoms with Crippen molar-refractivity contribution >= 4 is 22.6 Å². The number of benzene rings is 1. The monoisotopic (exact) mass is 396 g/mol. The molecular weight excluding hydrogens is 368 g/mol. The third-order valence-electron chi connectivity index (χ3n) is 6.02. The van der Waals surface area contributed by atoms with Crippen molar-refractivity contribution in [1.29, 1.82) is 0 Å². The molecule has 4 rings (SSSR count). The van der Waals surface area contributed by atoms with Crippen molar-refractivity contribution in [3.05, 3.63) is 39.9 Å². The summed E-state index contributed by atoms with van der Waals surface area (Å²) >= 11 is 0. The van der Waals surface area contributed by atoms with Crippen LogP contribution in [0.4, 0.5) is 0 Å². The van der Waals surface area contributed by atoms with E-state index in [0.717, 1.165) is 29.8 Å². The van der Waals surface area contributed by atoms with E-state index in [-0.39, 0.29) is 18.1 Å². The van der Waals surface area contributed by atoms with Crippen LogP contribution < -0.4 is 5.56 Å². The number of carbonyl (C=O) groups is 1. The predicted octanol–water partition coefficient (Wildman–Crippen LogP) is 3.68. The van der Waals surface area contributed by atoms with Gasteiger partial charge in [0, 0.05) is 13.5 Å².